The van der Waals surface area contributed by atoms with Crippen LogP contribution in [0.5, 0.6) is 0 Å². The van der Waals surface area contributed by atoms with Crippen molar-refractivity contribution in [3.63, 3.8) is 0 Å². The van der Waals surface area contributed by atoms with Crippen LogP contribution in [-0.2, 0) is 4.74 Å². The van der Waals surface area contributed by atoms with Crippen molar-refractivity contribution in [2.45, 2.75) is 26.0 Å². The number of halogens is 1. The minimum atomic E-state index is -0.808. The molecule has 1 aliphatic rings. The largest absolute Gasteiger partial charge is 0.392 e. The monoisotopic (exact) mass is 307 g/mol. The molecule has 7 nitrogen and oxygen atoms in total. The molecule has 8 heteroatoms. The van der Waals surface area contributed by atoms with Gasteiger partial charge >= 0.3 is 6.08 Å². The van der Waals surface area contributed by atoms with Crippen molar-refractivity contribution < 1.29 is 14.2 Å². The molecule has 1 fully saturated rings. The molecule has 1 saturated heterocycles. The Bertz CT molecular complexity index is 694. The Morgan fingerprint density at radius 1 is 1.59 bits per heavy atom. The first-order valence-corrected chi connectivity index (χ1v) is 7.21. The maximum Gasteiger partial charge on any atom is 0.312 e. The highest BCUT2D eigenvalue weighted by Gasteiger charge is 2.22. The third-order valence-electron chi connectivity index (χ3n) is 3.58. The molecule has 2 aromatic heterocycles. The molecule has 1 unspecified atom stereocenters. The number of aliphatic hydroxyl groups excluding tert-OH is 1. The average molecular weight is 307 g/mol. The van der Waals surface area contributed by atoms with Crippen LogP contribution in [0.2, 0.25) is 0 Å². The van der Waals surface area contributed by atoms with Crippen molar-refractivity contribution in [3.8, 4) is 0 Å². The molecular weight excluding hydrogens is 289 g/mol. The molecule has 3 rings (SSSR count). The molecule has 118 valence electrons. The van der Waals surface area contributed by atoms with Crippen molar-refractivity contribution in [1.29, 1.82) is 0 Å². The van der Waals surface area contributed by atoms with Crippen molar-refractivity contribution in [1.82, 2.24) is 19.5 Å². The van der Waals surface area contributed by atoms with Crippen LogP contribution >= 0.6 is 0 Å². The van der Waals surface area contributed by atoms with E-state index in [1.54, 1.807) is 10.9 Å². The van der Waals surface area contributed by atoms with Gasteiger partial charge in [0.1, 0.15) is 6.23 Å². The van der Waals surface area contributed by atoms with Crippen LogP contribution in [0.25, 0.3) is 11.2 Å². The molecule has 1 atom stereocenters. The van der Waals surface area contributed by atoms with E-state index in [2.05, 4.69) is 20.3 Å². The minimum Gasteiger partial charge on any atom is -0.392 e. The predicted octanol–water partition coefficient (Wildman–Crippen LogP) is 1.62. The lowest BCUT2D eigenvalue weighted by Crippen LogP contribution is -2.09. The number of nitrogens with one attached hydrogen (secondary N) is 1. The fourth-order valence-electron chi connectivity index (χ4n) is 2.39. The summed E-state index contributed by atoms with van der Waals surface area (Å²) in [5.74, 6) is 0.334. The maximum absolute atomic E-state index is 13.7. The summed E-state index contributed by atoms with van der Waals surface area (Å²) in [6.07, 6.45) is 4.28. The minimum absolute atomic E-state index is 0.0110. The second-order valence-corrected chi connectivity index (χ2v) is 5.22. The van der Waals surface area contributed by atoms with Crippen LogP contribution in [0.4, 0.5) is 10.2 Å². The van der Waals surface area contributed by atoms with E-state index in [1.807, 2.05) is 13.0 Å². The third-order valence-corrected chi connectivity index (χ3v) is 3.58. The van der Waals surface area contributed by atoms with Crippen LogP contribution in [0.3, 0.4) is 0 Å². The lowest BCUT2D eigenvalue weighted by molar-refractivity contribution is 0.0592. The van der Waals surface area contributed by atoms with E-state index in [0.29, 0.717) is 30.1 Å². The van der Waals surface area contributed by atoms with E-state index in [0.717, 1.165) is 18.4 Å². The van der Waals surface area contributed by atoms with Gasteiger partial charge in [0.15, 0.2) is 17.0 Å². The Morgan fingerprint density at radius 3 is 3.18 bits per heavy atom. The number of aliphatic hydroxyl groups is 1. The molecule has 2 N–H and O–H groups in total. The number of hydrogen-bond acceptors (Lipinski definition) is 6. The molecule has 0 aromatic carbocycles. The second-order valence-electron chi connectivity index (χ2n) is 5.22. The van der Waals surface area contributed by atoms with Crippen molar-refractivity contribution in [2.75, 3.05) is 25.1 Å². The molecule has 0 spiro atoms. The molecule has 3 heterocycles. The number of rotatable bonds is 5. The number of hydrogen-bond donors (Lipinski definition) is 2. The van der Waals surface area contributed by atoms with Gasteiger partial charge in [-0.3, -0.25) is 4.57 Å². The number of aromatic nitrogens is 4. The zero-order chi connectivity index (χ0) is 15.5. The first kappa shape index (κ1) is 14.9. The first-order valence-electron chi connectivity index (χ1n) is 7.21. The average Bonchev–Trinajstić information content (AvgIpc) is 3.15. The molecule has 0 amide bonds. The number of fused-ring (bicyclic) bond motifs is 1. The van der Waals surface area contributed by atoms with Gasteiger partial charge in [-0.15, -0.1) is 0 Å². The lowest BCUT2D eigenvalue weighted by Gasteiger charge is -2.11. The second kappa shape index (κ2) is 6.37. The van der Waals surface area contributed by atoms with Crippen molar-refractivity contribution in [3.05, 3.63) is 24.1 Å². The van der Waals surface area contributed by atoms with Crippen molar-refractivity contribution in [2.24, 2.45) is 0 Å². The number of ether oxygens (including phenoxy) is 1. The maximum atomic E-state index is 13.7. The molecular formula is C14H18FN5O2. The highest BCUT2D eigenvalue weighted by atomic mass is 19.1. The highest BCUT2D eigenvalue weighted by molar-refractivity contribution is 5.82. The quantitative estimate of drug-likeness (QED) is 0.645. The fraction of sp³-hybridized carbons (Fsp3) is 0.500. The molecule has 2 aromatic rings. The zero-order valence-corrected chi connectivity index (χ0v) is 12.3. The summed E-state index contributed by atoms with van der Waals surface area (Å²) in [7, 11) is 0. The summed E-state index contributed by atoms with van der Waals surface area (Å²) >= 11 is 0. The summed E-state index contributed by atoms with van der Waals surface area (Å²) in [6.45, 7) is 2.91. The van der Waals surface area contributed by atoms with Crippen LogP contribution in [0.15, 0.2) is 18.0 Å². The van der Waals surface area contributed by atoms with Gasteiger partial charge in [-0.05, 0) is 19.8 Å². The van der Waals surface area contributed by atoms with Crippen molar-refractivity contribution >= 4 is 17.0 Å². The Balaban J connectivity index is 1.90. The van der Waals surface area contributed by atoms with Gasteiger partial charge in [0.25, 0.3) is 0 Å². The lowest BCUT2D eigenvalue weighted by atomic mass is 10.3. The number of nitrogens with zero attached hydrogens (tertiary/aromatic N) is 4. The summed E-state index contributed by atoms with van der Waals surface area (Å²) < 4.78 is 21.0. The molecule has 22 heavy (non-hydrogen) atoms. The Hall–Kier alpha value is -2.06. The number of imidazole rings is 1. The van der Waals surface area contributed by atoms with Gasteiger partial charge in [-0.1, -0.05) is 11.6 Å². The Labute approximate surface area is 126 Å². The summed E-state index contributed by atoms with van der Waals surface area (Å²) in [4.78, 5) is 11.9. The van der Waals surface area contributed by atoms with E-state index >= 15 is 0 Å². The molecule has 0 bridgehead atoms. The van der Waals surface area contributed by atoms with Crippen LogP contribution in [0, 0.1) is 6.08 Å². The SMILES string of the molecule is C/C(=C/CNc1nc(F)nc2c1ncn2C1CCCO1)CO. The molecule has 0 aliphatic carbocycles. The van der Waals surface area contributed by atoms with Gasteiger partial charge in [-0.2, -0.15) is 14.4 Å². The topological polar surface area (TPSA) is 85.1 Å². The van der Waals surface area contributed by atoms with Crippen LogP contribution in [-0.4, -0.2) is 44.4 Å². The van der Waals surface area contributed by atoms with Gasteiger partial charge in [0, 0.05) is 13.2 Å². The van der Waals surface area contributed by atoms with Crippen LogP contribution in [0.1, 0.15) is 26.0 Å². The first-order chi connectivity index (χ1) is 10.7. The zero-order valence-electron chi connectivity index (χ0n) is 12.3. The summed E-state index contributed by atoms with van der Waals surface area (Å²) in [6, 6.07) is 0. The summed E-state index contributed by atoms with van der Waals surface area (Å²) in [5.41, 5.74) is 1.75. The summed E-state index contributed by atoms with van der Waals surface area (Å²) in [5, 5.41) is 12.0. The Morgan fingerprint density at radius 2 is 2.45 bits per heavy atom. The Kier molecular flexibility index (Phi) is 4.30. The molecule has 0 saturated carbocycles. The number of anilines is 1. The van der Waals surface area contributed by atoms with Gasteiger partial charge in [0.2, 0.25) is 0 Å². The van der Waals surface area contributed by atoms with E-state index in [4.69, 9.17) is 9.84 Å². The standard InChI is InChI=1S/C14H18FN5O2/c1-9(7-21)4-5-16-12-11-13(19-14(15)18-12)20(8-17-11)10-3-2-6-22-10/h4,8,10,21H,2-3,5-7H2,1H3,(H,16,18,19)/b9-4-. The van der Waals surface area contributed by atoms with Gasteiger partial charge in [0.05, 0.1) is 12.9 Å². The van der Waals surface area contributed by atoms with E-state index < -0.39 is 6.08 Å². The van der Waals surface area contributed by atoms with E-state index in [9.17, 15) is 4.39 Å². The highest BCUT2D eigenvalue weighted by Crippen LogP contribution is 2.27. The van der Waals surface area contributed by atoms with E-state index in [1.165, 1.54) is 0 Å². The predicted molar refractivity (Wildman–Crippen MR) is 78.8 cm³/mol. The smallest absolute Gasteiger partial charge is 0.312 e. The fourth-order valence-corrected chi connectivity index (χ4v) is 2.39. The third kappa shape index (κ3) is 2.93. The molecule has 1 aliphatic heterocycles. The van der Waals surface area contributed by atoms with E-state index in [-0.39, 0.29) is 12.8 Å². The van der Waals surface area contributed by atoms with Gasteiger partial charge < -0.3 is 15.2 Å². The normalized spacial score (nSPS) is 19.0. The van der Waals surface area contributed by atoms with Crippen LogP contribution < -0.4 is 5.32 Å². The van der Waals surface area contributed by atoms with Gasteiger partial charge in [-0.25, -0.2) is 4.98 Å². The molecule has 0 radical (unpaired) electrons.